The summed E-state index contributed by atoms with van der Waals surface area (Å²) in [7, 11) is 0. The number of ether oxygens (including phenoxy) is 1. The third kappa shape index (κ3) is 6.92. The van der Waals surface area contributed by atoms with Crippen molar-refractivity contribution in [2.24, 2.45) is 11.8 Å². The molecule has 1 aromatic rings. The molecule has 0 spiro atoms. The van der Waals surface area contributed by atoms with Gasteiger partial charge in [-0.3, -0.25) is 9.59 Å². The van der Waals surface area contributed by atoms with Crippen molar-refractivity contribution in [2.45, 2.75) is 90.4 Å². The Balaban J connectivity index is 1.89. The Bertz CT molecular complexity index is 859. The Hall–Kier alpha value is -2.15. The number of carbonyl (C=O) groups excluding carboxylic acids is 2. The summed E-state index contributed by atoms with van der Waals surface area (Å²) in [5, 5.41) is 13.0. The fraction of sp³-hybridized carbons (Fsp3) is 0.654. The van der Waals surface area contributed by atoms with Gasteiger partial charge < -0.3 is 15.2 Å². The maximum atomic E-state index is 13.1. The summed E-state index contributed by atoms with van der Waals surface area (Å²) in [5.41, 5.74) is 1.50. The molecule has 2 aliphatic carbocycles. The molecule has 2 aliphatic rings. The highest BCUT2D eigenvalue weighted by Gasteiger charge is 2.35. The van der Waals surface area contributed by atoms with Crippen molar-refractivity contribution in [3.63, 3.8) is 0 Å². The van der Waals surface area contributed by atoms with Gasteiger partial charge in [-0.05, 0) is 51.0 Å². The quantitative estimate of drug-likeness (QED) is 0.394. The van der Waals surface area contributed by atoms with Crippen molar-refractivity contribution in [1.82, 2.24) is 0 Å². The molecule has 1 aromatic heterocycles. The van der Waals surface area contributed by atoms with Gasteiger partial charge in [-0.2, -0.15) is 0 Å². The smallest absolute Gasteiger partial charge is 0.341 e. The standard InChI is InChI=1S/C26H37NO5S/c1-2-32-26(31)22-20-16-10-8-6-4-3-5-7-9-11-17-21(20)33-24(22)27-23(28)18-14-12-13-15-19(18)25(29)30/h12-13,18-19H,2-11,14-17H2,1H3,(H,27,28)(H,29,30)/t18-,19-/m1/s1. The van der Waals surface area contributed by atoms with Gasteiger partial charge in [0, 0.05) is 4.88 Å². The van der Waals surface area contributed by atoms with Gasteiger partial charge in [-0.15, -0.1) is 11.3 Å². The molecular formula is C26H37NO5S. The lowest BCUT2D eigenvalue weighted by Crippen LogP contribution is -2.34. The van der Waals surface area contributed by atoms with Crippen LogP contribution >= 0.6 is 11.3 Å². The van der Waals surface area contributed by atoms with Gasteiger partial charge in [0.1, 0.15) is 5.00 Å². The fourth-order valence-corrected chi connectivity index (χ4v) is 6.17. The van der Waals surface area contributed by atoms with Crippen LogP contribution in [0.1, 0.15) is 98.4 Å². The lowest BCUT2D eigenvalue weighted by molar-refractivity contribution is -0.146. The van der Waals surface area contributed by atoms with Gasteiger partial charge in [0.05, 0.1) is 24.0 Å². The predicted octanol–water partition coefficient (Wildman–Crippen LogP) is 6.14. The van der Waals surface area contributed by atoms with Gasteiger partial charge in [0.2, 0.25) is 5.91 Å². The third-order valence-electron chi connectivity index (χ3n) is 6.72. The average molecular weight is 476 g/mol. The Labute approximate surface area is 200 Å². The molecule has 0 saturated heterocycles. The van der Waals surface area contributed by atoms with Crippen LogP contribution in [0, 0.1) is 11.8 Å². The van der Waals surface area contributed by atoms with Crippen LogP contribution in [0.3, 0.4) is 0 Å². The van der Waals surface area contributed by atoms with Crippen molar-refractivity contribution in [3.8, 4) is 0 Å². The van der Waals surface area contributed by atoms with Crippen molar-refractivity contribution >= 4 is 34.2 Å². The lowest BCUT2D eigenvalue weighted by atomic mass is 9.82. The predicted molar refractivity (Wildman–Crippen MR) is 131 cm³/mol. The number of hydrogen-bond acceptors (Lipinski definition) is 5. The first kappa shape index (κ1) is 25.5. The minimum Gasteiger partial charge on any atom is -0.481 e. The summed E-state index contributed by atoms with van der Waals surface area (Å²) in [4.78, 5) is 39.0. The summed E-state index contributed by atoms with van der Waals surface area (Å²) < 4.78 is 5.38. The van der Waals surface area contributed by atoms with E-state index in [0.717, 1.165) is 42.5 Å². The minimum absolute atomic E-state index is 0.269. The van der Waals surface area contributed by atoms with Crippen LogP contribution in [0.25, 0.3) is 0 Å². The molecule has 0 fully saturated rings. The van der Waals surface area contributed by atoms with E-state index in [4.69, 9.17) is 4.74 Å². The zero-order chi connectivity index (χ0) is 23.6. The number of aliphatic carboxylic acids is 1. The normalized spacial score (nSPS) is 22.2. The first-order valence-electron chi connectivity index (χ1n) is 12.5. The van der Waals surface area contributed by atoms with E-state index in [2.05, 4.69) is 5.32 Å². The molecule has 3 rings (SSSR count). The van der Waals surface area contributed by atoms with Gasteiger partial charge >= 0.3 is 11.9 Å². The summed E-state index contributed by atoms with van der Waals surface area (Å²) in [6.45, 7) is 2.05. The van der Waals surface area contributed by atoms with Crippen LogP contribution < -0.4 is 5.32 Å². The molecule has 2 atom stereocenters. The Morgan fingerprint density at radius 2 is 1.52 bits per heavy atom. The first-order chi connectivity index (χ1) is 16.0. The van der Waals surface area contributed by atoms with Gasteiger partial charge in [0.25, 0.3) is 0 Å². The number of amides is 1. The number of carboxylic acids is 1. The van der Waals surface area contributed by atoms with E-state index >= 15 is 0 Å². The van der Waals surface area contributed by atoms with E-state index in [1.54, 1.807) is 6.92 Å². The molecule has 0 saturated carbocycles. The molecule has 0 aliphatic heterocycles. The minimum atomic E-state index is -0.959. The van der Waals surface area contributed by atoms with Gasteiger partial charge in [0.15, 0.2) is 0 Å². The molecule has 6 nitrogen and oxygen atoms in total. The van der Waals surface area contributed by atoms with Gasteiger partial charge in [-0.1, -0.05) is 57.1 Å². The van der Waals surface area contributed by atoms with E-state index in [0.29, 0.717) is 23.4 Å². The molecule has 2 N–H and O–H groups in total. The maximum Gasteiger partial charge on any atom is 0.341 e. The first-order valence-corrected chi connectivity index (χ1v) is 13.3. The monoisotopic (exact) mass is 475 g/mol. The largest absolute Gasteiger partial charge is 0.481 e. The number of thiophene rings is 1. The number of fused-ring (bicyclic) bond motifs is 1. The fourth-order valence-electron chi connectivity index (χ4n) is 4.89. The van der Waals surface area contributed by atoms with Crippen LogP contribution in [0.2, 0.25) is 0 Å². The van der Waals surface area contributed by atoms with Gasteiger partial charge in [-0.25, -0.2) is 4.79 Å². The van der Waals surface area contributed by atoms with Crippen LogP contribution in [-0.2, 0) is 27.2 Å². The molecule has 0 aromatic carbocycles. The number of rotatable bonds is 5. The lowest BCUT2D eigenvalue weighted by Gasteiger charge is -2.24. The topological polar surface area (TPSA) is 92.7 Å². The molecule has 0 bridgehead atoms. The second-order valence-electron chi connectivity index (χ2n) is 9.09. The molecule has 1 heterocycles. The maximum absolute atomic E-state index is 13.1. The van der Waals surface area contributed by atoms with E-state index in [1.165, 1.54) is 49.9 Å². The zero-order valence-electron chi connectivity index (χ0n) is 19.7. The van der Waals surface area contributed by atoms with E-state index < -0.39 is 23.8 Å². The van der Waals surface area contributed by atoms with Crippen molar-refractivity contribution in [3.05, 3.63) is 28.2 Å². The summed E-state index contributed by atoms with van der Waals surface area (Å²) >= 11 is 1.48. The van der Waals surface area contributed by atoms with Crippen LogP contribution in [-0.4, -0.2) is 29.6 Å². The summed E-state index contributed by atoms with van der Waals surface area (Å²) in [6.07, 6.45) is 16.8. The number of aryl methyl sites for hydroxylation is 1. The molecular weight excluding hydrogens is 438 g/mol. The van der Waals surface area contributed by atoms with Crippen LogP contribution in [0.4, 0.5) is 5.00 Å². The number of hydrogen-bond donors (Lipinski definition) is 2. The number of carbonyl (C=O) groups is 3. The third-order valence-corrected chi connectivity index (χ3v) is 7.93. The number of allylic oxidation sites excluding steroid dienone is 2. The molecule has 33 heavy (non-hydrogen) atoms. The van der Waals surface area contributed by atoms with Crippen molar-refractivity contribution in [1.29, 1.82) is 0 Å². The van der Waals surface area contributed by atoms with E-state index in [9.17, 15) is 19.5 Å². The van der Waals surface area contributed by atoms with E-state index in [1.807, 2.05) is 12.2 Å². The highest BCUT2D eigenvalue weighted by Crippen LogP contribution is 2.38. The Morgan fingerprint density at radius 3 is 2.12 bits per heavy atom. The highest BCUT2D eigenvalue weighted by atomic mass is 32.1. The highest BCUT2D eigenvalue weighted by molar-refractivity contribution is 7.17. The molecule has 0 unspecified atom stereocenters. The number of anilines is 1. The Kier molecular flexibility index (Phi) is 9.97. The second-order valence-corrected chi connectivity index (χ2v) is 10.2. The summed E-state index contributed by atoms with van der Waals surface area (Å²) in [6, 6.07) is 0. The molecule has 7 heteroatoms. The number of esters is 1. The molecule has 1 amide bonds. The average Bonchev–Trinajstić information content (AvgIpc) is 3.14. The van der Waals surface area contributed by atoms with Crippen LogP contribution in [0.15, 0.2) is 12.2 Å². The summed E-state index contributed by atoms with van der Waals surface area (Å²) in [5.74, 6) is -3.07. The molecule has 182 valence electrons. The van der Waals surface area contributed by atoms with Crippen LogP contribution in [0.5, 0.6) is 0 Å². The Morgan fingerprint density at radius 1 is 0.939 bits per heavy atom. The molecule has 0 radical (unpaired) electrons. The zero-order valence-corrected chi connectivity index (χ0v) is 20.5. The second kappa shape index (κ2) is 12.9. The number of nitrogens with one attached hydrogen (secondary N) is 1. The number of carboxylic acid groups (broad SMARTS) is 1. The SMILES string of the molecule is CCOC(=O)c1c(NC(=O)[C@@H]2CC=CC[C@H]2C(=O)O)sc2c1CCCCCCCCCCC2. The van der Waals surface area contributed by atoms with Crippen molar-refractivity contribution < 1.29 is 24.2 Å². The van der Waals surface area contributed by atoms with E-state index in [-0.39, 0.29) is 12.5 Å². The van der Waals surface area contributed by atoms with Crippen molar-refractivity contribution in [2.75, 3.05) is 11.9 Å².